The van der Waals surface area contributed by atoms with Crippen LogP contribution in [0.15, 0.2) is 0 Å². The molecule has 0 rings (SSSR count). The summed E-state index contributed by atoms with van der Waals surface area (Å²) in [6.07, 6.45) is 0.222. The van der Waals surface area contributed by atoms with Gasteiger partial charge in [0.1, 0.15) is 0 Å². The van der Waals surface area contributed by atoms with Crippen molar-refractivity contribution in [3.8, 4) is 0 Å². The van der Waals surface area contributed by atoms with Gasteiger partial charge in [-0.2, -0.15) is 0 Å². The molecule has 8 N–H and O–H groups in total. The second-order valence-electron chi connectivity index (χ2n) is 0.747. The molecule has 0 aliphatic carbocycles. The van der Waals surface area contributed by atoms with E-state index < -0.39 is 5.97 Å². The first kappa shape index (κ1) is 52.3. The summed E-state index contributed by atoms with van der Waals surface area (Å²) < 4.78 is 0. The third-order valence-electron chi connectivity index (χ3n) is 0.302. The maximum atomic E-state index is 9.37. The first-order chi connectivity index (χ1) is 2.27. The Labute approximate surface area is 130 Å². The Kier molecular flexibility index (Phi) is 192. The van der Waals surface area contributed by atoms with E-state index in [1.54, 1.807) is 6.92 Å². The van der Waals surface area contributed by atoms with Crippen molar-refractivity contribution in [1.82, 2.24) is 6.15 Å². The number of aliphatic carboxylic acids is 1. The van der Waals surface area contributed by atoms with Gasteiger partial charge in [-0.3, -0.25) is 4.79 Å². The van der Waals surface area contributed by atoms with Gasteiger partial charge in [-0.25, -0.2) is 0 Å². The molecule has 0 heterocycles. The van der Waals surface area contributed by atoms with E-state index in [0.29, 0.717) is 0 Å². The third-order valence-corrected chi connectivity index (χ3v) is 0.302. The summed E-state index contributed by atoms with van der Waals surface area (Å²) in [4.78, 5) is 9.37. The molecule has 0 aromatic heterocycles. The Morgan fingerprint density at radius 3 is 1.45 bits per heavy atom. The molecule has 11 heavy (non-hydrogen) atoms. The molecule has 0 spiro atoms. The summed E-state index contributed by atoms with van der Waals surface area (Å²) in [5, 5.41) is 7.72. The van der Waals surface area contributed by atoms with Crippen LogP contribution in [0.3, 0.4) is 0 Å². The fourth-order valence-corrected chi connectivity index (χ4v) is 0. The van der Waals surface area contributed by atoms with E-state index in [4.69, 9.17) is 5.11 Å². The molecule has 0 aliphatic heterocycles. The fraction of sp³-hybridized carbons (Fsp3) is 0.667. The van der Waals surface area contributed by atoms with Gasteiger partial charge < -0.3 is 27.7 Å². The number of carbonyl (C=O) groups is 1. The number of carboxylic acids is 1. The maximum absolute atomic E-state index is 9.37. The fourth-order valence-electron chi connectivity index (χ4n) is 0. The van der Waals surface area contributed by atoms with Crippen LogP contribution in [0.4, 0.5) is 0 Å². The largest absolute Gasteiger partial charge is 1.00 e. The summed E-state index contributed by atoms with van der Waals surface area (Å²) in [5.74, 6) is -0.745. The van der Waals surface area contributed by atoms with Crippen LogP contribution in [0.1, 0.15) is 13.3 Å². The van der Waals surface area contributed by atoms with E-state index in [9.17, 15) is 4.79 Å². The van der Waals surface area contributed by atoms with Gasteiger partial charge in [-0.1, -0.05) is 6.92 Å². The van der Waals surface area contributed by atoms with Crippen LogP contribution in [-0.4, -0.2) is 27.5 Å². The molecule has 8 heteroatoms. The van der Waals surface area contributed by atoms with Crippen molar-refractivity contribution in [2.24, 2.45) is 0 Å². The van der Waals surface area contributed by atoms with Crippen LogP contribution in [-0.2, 0) is 4.79 Å². The molecule has 0 unspecified atom stereocenters. The minimum atomic E-state index is -0.745. The minimum Gasteiger partial charge on any atom is -0.870 e. The Morgan fingerprint density at radius 1 is 1.36 bits per heavy atom. The zero-order valence-corrected chi connectivity index (χ0v) is 12.3. The van der Waals surface area contributed by atoms with Gasteiger partial charge in [0.25, 0.3) is 0 Å². The van der Waals surface area contributed by atoms with Gasteiger partial charge in [0.2, 0.25) is 0 Å². The van der Waals surface area contributed by atoms with Crippen LogP contribution in [0.2, 0.25) is 0 Å². The van der Waals surface area contributed by atoms with E-state index in [-0.39, 0.29) is 110 Å². The summed E-state index contributed by atoms with van der Waals surface area (Å²) in [6, 6.07) is 0. The first-order valence-corrected chi connectivity index (χ1v) is 1.49. The predicted molar refractivity (Wildman–Crippen MR) is 30.4 cm³/mol. The summed E-state index contributed by atoms with van der Waals surface area (Å²) in [5.41, 5.74) is 0. The predicted octanol–water partition coefficient (Wildman–Crippen LogP) is -6.53. The van der Waals surface area contributed by atoms with Crippen LogP contribution < -0.4 is 87.1 Å². The van der Waals surface area contributed by atoms with Crippen molar-refractivity contribution in [2.75, 3.05) is 0 Å². The van der Waals surface area contributed by atoms with Gasteiger partial charge in [0, 0.05) is 6.42 Å². The molecule has 6 nitrogen and oxygen atoms in total. The Balaban J connectivity index is -0.00000000533. The van der Waals surface area contributed by atoms with Crippen molar-refractivity contribution in [2.45, 2.75) is 13.3 Å². The minimum absolute atomic E-state index is 0. The van der Waals surface area contributed by atoms with Crippen molar-refractivity contribution in [3.05, 3.63) is 0 Å². The molecule has 0 bridgehead atoms. The number of carboxylic acid groups (broad SMARTS) is 1. The third kappa shape index (κ3) is 75.9. The first-order valence-electron chi connectivity index (χ1n) is 1.49. The normalized spacial score (nSPS) is 3.36. The average Bonchev–Trinajstić information content (AvgIpc) is 1.38. The topological polar surface area (TPSA) is 164 Å². The van der Waals surface area contributed by atoms with Gasteiger partial charge in [-0.05, 0) is 0 Å². The average molecular weight is 205 g/mol. The summed E-state index contributed by atoms with van der Waals surface area (Å²) in [7, 11) is 0. The van der Waals surface area contributed by atoms with Crippen molar-refractivity contribution < 1.29 is 107 Å². The van der Waals surface area contributed by atoms with Crippen molar-refractivity contribution >= 4 is 5.97 Å². The molecule has 0 amide bonds. The van der Waals surface area contributed by atoms with E-state index in [1.807, 2.05) is 0 Å². The maximum Gasteiger partial charge on any atom is 1.00 e. The second kappa shape index (κ2) is 40.5. The van der Waals surface area contributed by atoms with Gasteiger partial charge >= 0.3 is 86.9 Å². The molecule has 0 aliphatic rings. The smallest absolute Gasteiger partial charge is 0.870 e. The van der Waals surface area contributed by atoms with Gasteiger partial charge in [0.05, 0.1) is 0 Å². The van der Waals surface area contributed by atoms with E-state index in [1.165, 1.54) is 0 Å². The SMILES string of the molecule is CCC(=O)O.N.O.[K+].[Na+].[OH-].[OH-]. The summed E-state index contributed by atoms with van der Waals surface area (Å²) >= 11 is 0. The molecular weight excluding hydrogens is 192 g/mol. The van der Waals surface area contributed by atoms with Crippen molar-refractivity contribution in [3.63, 3.8) is 0 Å². The molecule has 0 fully saturated rings. The zero-order chi connectivity index (χ0) is 4.28. The quantitative estimate of drug-likeness (QED) is 0.405. The standard InChI is InChI=1S/C3H6O2.K.H3N.Na.3H2O/c1-2-3(4)5;;;;;;/h2H2,1H3,(H,4,5);;1H3;;3*1H2/q;+1;;+1;;;/p-2. The molecule has 0 radical (unpaired) electrons. The molecule has 62 valence electrons. The van der Waals surface area contributed by atoms with Gasteiger partial charge in [-0.15, -0.1) is 0 Å². The molecule has 0 saturated heterocycles. The number of hydrogen-bond acceptors (Lipinski definition) is 4. The van der Waals surface area contributed by atoms with E-state index in [0.717, 1.165) is 0 Å². The Hall–Kier alpha value is 1.95. The van der Waals surface area contributed by atoms with E-state index in [2.05, 4.69) is 0 Å². The van der Waals surface area contributed by atoms with E-state index >= 15 is 0 Å². The molecule has 0 aromatic rings. The number of hydrogen-bond donors (Lipinski definition) is 2. The van der Waals surface area contributed by atoms with Crippen LogP contribution >= 0.6 is 0 Å². The second-order valence-corrected chi connectivity index (χ2v) is 0.747. The molecule has 0 saturated carbocycles. The molecule has 0 aromatic carbocycles. The van der Waals surface area contributed by atoms with Crippen molar-refractivity contribution in [1.29, 1.82) is 0 Å². The Morgan fingerprint density at radius 2 is 1.45 bits per heavy atom. The molecule has 0 atom stereocenters. The summed E-state index contributed by atoms with van der Waals surface area (Å²) in [6.45, 7) is 1.60. The Bertz CT molecular complexity index is 57.0. The monoisotopic (exact) mass is 205 g/mol. The van der Waals surface area contributed by atoms with Crippen LogP contribution in [0.25, 0.3) is 0 Å². The molecular formula is C3H13KNNaO5. The zero-order valence-electron chi connectivity index (χ0n) is 7.16. The number of rotatable bonds is 1. The van der Waals surface area contributed by atoms with Crippen LogP contribution in [0, 0.1) is 0 Å². The van der Waals surface area contributed by atoms with Crippen LogP contribution in [0.5, 0.6) is 0 Å². The van der Waals surface area contributed by atoms with Gasteiger partial charge in [0.15, 0.2) is 0 Å².